The second kappa shape index (κ2) is 5.98. The molecule has 0 radical (unpaired) electrons. The van der Waals surface area contributed by atoms with Gasteiger partial charge in [-0.25, -0.2) is 4.72 Å². The number of fused-ring (bicyclic) bond motifs is 1. The Morgan fingerprint density at radius 3 is 2.52 bits per heavy atom. The molecule has 7 heteroatoms. The Labute approximate surface area is 136 Å². The molecule has 1 aromatic carbocycles. The van der Waals surface area contributed by atoms with Crippen LogP contribution in [0.1, 0.15) is 43.1 Å². The standard InChI is InChI=1S/C16H21N3O3S/c1-12(2)19-11-8-13-14(6-5-7-15(13)19)16(20)17-23(21,22)18-9-3-4-10-18/h5-8,11-12H,3-4,9-10H2,1-2H3,(H,17,20). The molecule has 0 aliphatic carbocycles. The summed E-state index contributed by atoms with van der Waals surface area (Å²) in [6.45, 7) is 5.06. The van der Waals surface area contributed by atoms with Crippen LogP contribution in [0.15, 0.2) is 30.5 Å². The van der Waals surface area contributed by atoms with Crippen molar-refractivity contribution in [2.24, 2.45) is 0 Å². The Bertz CT molecular complexity index is 833. The minimum Gasteiger partial charge on any atom is -0.345 e. The maximum atomic E-state index is 12.5. The molecule has 0 unspecified atom stereocenters. The van der Waals surface area contributed by atoms with Crippen LogP contribution in [-0.2, 0) is 10.2 Å². The first-order valence-corrected chi connectivity index (χ1v) is 9.26. The predicted octanol–water partition coefficient (Wildman–Crippen LogP) is 2.29. The molecule has 2 aromatic rings. The SMILES string of the molecule is CC(C)n1ccc2c(C(=O)NS(=O)(=O)N3CCCC3)cccc21. The molecule has 0 atom stereocenters. The smallest absolute Gasteiger partial charge is 0.304 e. The van der Waals surface area contributed by atoms with Gasteiger partial charge in [-0.2, -0.15) is 12.7 Å². The molecule has 1 aliphatic heterocycles. The minimum absolute atomic E-state index is 0.263. The van der Waals surface area contributed by atoms with Crippen LogP contribution in [-0.4, -0.2) is 36.3 Å². The van der Waals surface area contributed by atoms with E-state index in [1.54, 1.807) is 12.1 Å². The number of carbonyl (C=O) groups is 1. The quantitative estimate of drug-likeness (QED) is 0.932. The molecule has 1 N–H and O–H groups in total. The van der Waals surface area contributed by atoms with E-state index < -0.39 is 16.1 Å². The van der Waals surface area contributed by atoms with Crippen molar-refractivity contribution < 1.29 is 13.2 Å². The van der Waals surface area contributed by atoms with Crippen molar-refractivity contribution in [3.05, 3.63) is 36.0 Å². The van der Waals surface area contributed by atoms with Gasteiger partial charge in [0.25, 0.3) is 5.91 Å². The van der Waals surface area contributed by atoms with Crippen LogP contribution in [0.5, 0.6) is 0 Å². The summed E-state index contributed by atoms with van der Waals surface area (Å²) in [5.74, 6) is -0.580. The zero-order valence-corrected chi connectivity index (χ0v) is 14.1. The van der Waals surface area contributed by atoms with Crippen LogP contribution in [0, 0.1) is 0 Å². The highest BCUT2D eigenvalue weighted by Crippen LogP contribution is 2.23. The number of rotatable bonds is 4. The van der Waals surface area contributed by atoms with Gasteiger partial charge in [0.15, 0.2) is 0 Å². The van der Waals surface area contributed by atoms with Crippen molar-refractivity contribution in [1.29, 1.82) is 0 Å². The van der Waals surface area contributed by atoms with E-state index in [9.17, 15) is 13.2 Å². The van der Waals surface area contributed by atoms with Crippen molar-refractivity contribution in [1.82, 2.24) is 13.6 Å². The first kappa shape index (κ1) is 16.0. The number of hydrogen-bond donors (Lipinski definition) is 1. The van der Waals surface area contributed by atoms with Crippen molar-refractivity contribution in [2.75, 3.05) is 13.1 Å². The molecule has 23 heavy (non-hydrogen) atoms. The molecule has 0 spiro atoms. The third-order valence-electron chi connectivity index (χ3n) is 4.19. The predicted molar refractivity (Wildman–Crippen MR) is 89.5 cm³/mol. The average molecular weight is 335 g/mol. The summed E-state index contributed by atoms with van der Waals surface area (Å²) in [5, 5.41) is 0.760. The van der Waals surface area contributed by atoms with Gasteiger partial charge in [-0.15, -0.1) is 0 Å². The monoisotopic (exact) mass is 335 g/mol. The van der Waals surface area contributed by atoms with Crippen LogP contribution >= 0.6 is 0 Å². The third kappa shape index (κ3) is 2.98. The van der Waals surface area contributed by atoms with Gasteiger partial charge in [0.1, 0.15) is 0 Å². The van der Waals surface area contributed by atoms with E-state index >= 15 is 0 Å². The number of amides is 1. The topological polar surface area (TPSA) is 71.4 Å². The molecular weight excluding hydrogens is 314 g/mol. The number of nitrogens with zero attached hydrogens (tertiary/aromatic N) is 2. The fraction of sp³-hybridized carbons (Fsp3) is 0.438. The molecule has 124 valence electrons. The molecule has 0 saturated carbocycles. The lowest BCUT2D eigenvalue weighted by atomic mass is 10.1. The maximum Gasteiger partial charge on any atom is 0.304 e. The van der Waals surface area contributed by atoms with E-state index in [4.69, 9.17) is 0 Å². The maximum absolute atomic E-state index is 12.5. The van der Waals surface area contributed by atoms with Crippen molar-refractivity contribution in [2.45, 2.75) is 32.7 Å². The Morgan fingerprint density at radius 2 is 1.87 bits per heavy atom. The summed E-state index contributed by atoms with van der Waals surface area (Å²) in [6, 6.07) is 7.48. The molecule has 3 rings (SSSR count). The Kier molecular flexibility index (Phi) is 4.16. The highest BCUT2D eigenvalue weighted by Gasteiger charge is 2.27. The first-order chi connectivity index (χ1) is 10.9. The Morgan fingerprint density at radius 1 is 1.17 bits per heavy atom. The molecule has 0 bridgehead atoms. The van der Waals surface area contributed by atoms with Gasteiger partial charge >= 0.3 is 10.2 Å². The molecule has 1 aliphatic rings. The zero-order chi connectivity index (χ0) is 16.6. The fourth-order valence-electron chi connectivity index (χ4n) is 3.00. The van der Waals surface area contributed by atoms with E-state index in [2.05, 4.69) is 23.1 Å². The Balaban J connectivity index is 1.92. The molecular formula is C16H21N3O3S. The third-order valence-corrected chi connectivity index (χ3v) is 5.68. The van der Waals surface area contributed by atoms with E-state index in [1.807, 2.05) is 18.3 Å². The van der Waals surface area contributed by atoms with Gasteiger partial charge in [0.2, 0.25) is 0 Å². The Hall–Kier alpha value is -1.86. The second-order valence-corrected chi connectivity index (χ2v) is 7.77. The van der Waals surface area contributed by atoms with E-state index in [1.165, 1.54) is 4.31 Å². The largest absolute Gasteiger partial charge is 0.345 e. The average Bonchev–Trinajstić information content (AvgIpc) is 3.15. The number of nitrogens with one attached hydrogen (secondary N) is 1. The van der Waals surface area contributed by atoms with Crippen molar-refractivity contribution in [3.63, 3.8) is 0 Å². The van der Waals surface area contributed by atoms with Crippen LogP contribution < -0.4 is 4.72 Å². The van der Waals surface area contributed by atoms with Crippen molar-refractivity contribution >= 4 is 27.0 Å². The van der Waals surface area contributed by atoms with Gasteiger partial charge in [0, 0.05) is 41.8 Å². The fourth-order valence-corrected chi connectivity index (χ4v) is 4.21. The summed E-state index contributed by atoms with van der Waals surface area (Å²) in [6.07, 6.45) is 3.59. The molecule has 1 aromatic heterocycles. The minimum atomic E-state index is -3.76. The van der Waals surface area contributed by atoms with Gasteiger partial charge in [-0.1, -0.05) is 6.07 Å². The summed E-state index contributed by atoms with van der Waals surface area (Å²) >= 11 is 0. The van der Waals surface area contributed by atoms with E-state index in [0.717, 1.165) is 23.7 Å². The number of hydrogen-bond acceptors (Lipinski definition) is 3. The summed E-state index contributed by atoms with van der Waals surface area (Å²) < 4.78 is 30.1. The lowest BCUT2D eigenvalue weighted by Crippen LogP contribution is -2.42. The van der Waals surface area contributed by atoms with Crippen LogP contribution in [0.3, 0.4) is 0 Å². The lowest BCUT2D eigenvalue weighted by Gasteiger charge is -2.16. The highest BCUT2D eigenvalue weighted by atomic mass is 32.2. The highest BCUT2D eigenvalue weighted by molar-refractivity contribution is 7.87. The number of benzene rings is 1. The lowest BCUT2D eigenvalue weighted by molar-refractivity contribution is 0.0981. The van der Waals surface area contributed by atoms with Gasteiger partial charge in [-0.3, -0.25) is 4.79 Å². The molecule has 1 amide bonds. The van der Waals surface area contributed by atoms with Crippen LogP contribution in [0.4, 0.5) is 0 Å². The van der Waals surface area contributed by atoms with E-state index in [-0.39, 0.29) is 6.04 Å². The van der Waals surface area contributed by atoms with Gasteiger partial charge in [0.05, 0.1) is 0 Å². The van der Waals surface area contributed by atoms with Crippen molar-refractivity contribution in [3.8, 4) is 0 Å². The first-order valence-electron chi connectivity index (χ1n) is 7.82. The summed E-state index contributed by atoms with van der Waals surface area (Å²) in [7, 11) is -3.76. The second-order valence-electron chi connectivity index (χ2n) is 6.10. The normalized spacial score (nSPS) is 16.3. The summed E-state index contributed by atoms with van der Waals surface area (Å²) in [5.41, 5.74) is 1.30. The zero-order valence-electron chi connectivity index (χ0n) is 13.3. The number of aromatic nitrogens is 1. The van der Waals surface area contributed by atoms with Gasteiger partial charge in [-0.05, 0) is 44.9 Å². The number of carbonyl (C=O) groups excluding carboxylic acids is 1. The molecule has 1 fully saturated rings. The van der Waals surface area contributed by atoms with E-state index in [0.29, 0.717) is 18.7 Å². The molecule has 6 nitrogen and oxygen atoms in total. The molecule has 1 saturated heterocycles. The van der Waals surface area contributed by atoms with Crippen LogP contribution in [0.25, 0.3) is 10.9 Å². The molecule has 2 heterocycles. The van der Waals surface area contributed by atoms with Gasteiger partial charge < -0.3 is 4.57 Å². The van der Waals surface area contributed by atoms with Crippen LogP contribution in [0.2, 0.25) is 0 Å². The summed E-state index contributed by atoms with van der Waals surface area (Å²) in [4.78, 5) is 12.5.